The van der Waals surface area contributed by atoms with Crippen molar-refractivity contribution in [2.75, 3.05) is 9.80 Å². The summed E-state index contributed by atoms with van der Waals surface area (Å²) in [5.74, 6) is -2.50. The highest BCUT2D eigenvalue weighted by Gasteiger charge is 2.57. The maximum absolute atomic E-state index is 15.9. The van der Waals surface area contributed by atoms with Crippen LogP contribution in [-0.4, -0.2) is 11.8 Å². The standard InChI is InChI=1S/C50H40N2O2/c1-5-33-17-25-37(26-18-33)51(38-27-19-34(6-2)20-28-38)49(53)47-45-41-13-9-11-15-43(41)46(44-16-12-10-14-42(44)45)48(47)50(54)52(39-29-21-35(7-3)22-30-39)40-31-23-36(8-4)24-32-40/h5-32,45-48H,1-4H2/t45?,46?,47-,48-/m0/s1. The van der Waals surface area contributed by atoms with Gasteiger partial charge in [0.15, 0.2) is 0 Å². The van der Waals surface area contributed by atoms with Crippen molar-refractivity contribution >= 4 is 58.9 Å². The molecule has 6 aromatic carbocycles. The van der Waals surface area contributed by atoms with Crippen LogP contribution in [0.5, 0.6) is 0 Å². The molecule has 6 aromatic rings. The van der Waals surface area contributed by atoms with E-state index in [0.29, 0.717) is 22.7 Å². The topological polar surface area (TPSA) is 40.6 Å². The molecule has 0 fully saturated rings. The van der Waals surface area contributed by atoms with Gasteiger partial charge in [-0.1, -0.05) is 148 Å². The highest BCUT2D eigenvalue weighted by molar-refractivity contribution is 6.10. The minimum atomic E-state index is -0.743. The molecule has 0 saturated carbocycles. The van der Waals surface area contributed by atoms with E-state index in [2.05, 4.69) is 50.6 Å². The second-order valence-corrected chi connectivity index (χ2v) is 13.8. The first kappa shape index (κ1) is 34.3. The van der Waals surface area contributed by atoms with E-state index in [0.717, 1.165) is 44.5 Å². The summed E-state index contributed by atoms with van der Waals surface area (Å²) in [7, 11) is 0. The molecule has 262 valence electrons. The Labute approximate surface area is 317 Å². The average Bonchev–Trinajstić information content (AvgIpc) is 3.24. The van der Waals surface area contributed by atoms with E-state index in [1.807, 2.05) is 121 Å². The lowest BCUT2D eigenvalue weighted by Crippen LogP contribution is -2.53. The second-order valence-electron chi connectivity index (χ2n) is 13.8. The van der Waals surface area contributed by atoms with E-state index in [4.69, 9.17) is 0 Å². The summed E-state index contributed by atoms with van der Waals surface area (Å²) in [4.78, 5) is 35.4. The Morgan fingerprint density at radius 1 is 0.370 bits per heavy atom. The molecule has 4 nitrogen and oxygen atoms in total. The van der Waals surface area contributed by atoms with Crippen LogP contribution in [0, 0.1) is 11.8 Å². The molecule has 0 unspecified atom stereocenters. The van der Waals surface area contributed by atoms with Crippen LogP contribution in [0.1, 0.15) is 56.3 Å². The smallest absolute Gasteiger partial charge is 0.236 e. The van der Waals surface area contributed by atoms with E-state index in [1.54, 1.807) is 34.1 Å². The molecule has 0 radical (unpaired) electrons. The van der Waals surface area contributed by atoms with Crippen molar-refractivity contribution in [3.63, 3.8) is 0 Å². The quantitative estimate of drug-likeness (QED) is 0.143. The van der Waals surface area contributed by atoms with Gasteiger partial charge in [-0.15, -0.1) is 0 Å². The van der Waals surface area contributed by atoms with Crippen molar-refractivity contribution in [3.05, 3.63) is 216 Å². The van der Waals surface area contributed by atoms with Gasteiger partial charge in [-0.2, -0.15) is 0 Å². The maximum Gasteiger partial charge on any atom is 0.236 e. The van der Waals surface area contributed by atoms with Gasteiger partial charge in [-0.3, -0.25) is 19.4 Å². The van der Waals surface area contributed by atoms with Crippen molar-refractivity contribution in [2.45, 2.75) is 11.8 Å². The van der Waals surface area contributed by atoms with Gasteiger partial charge in [0.05, 0.1) is 11.8 Å². The van der Waals surface area contributed by atoms with Crippen molar-refractivity contribution in [3.8, 4) is 0 Å². The number of amides is 2. The van der Waals surface area contributed by atoms with Crippen LogP contribution in [0.2, 0.25) is 0 Å². The van der Waals surface area contributed by atoms with Crippen molar-refractivity contribution in [1.82, 2.24) is 0 Å². The number of benzene rings is 6. The van der Waals surface area contributed by atoms with Gasteiger partial charge in [-0.25, -0.2) is 0 Å². The number of hydrogen-bond acceptors (Lipinski definition) is 2. The predicted octanol–water partition coefficient (Wildman–Crippen LogP) is 11.8. The van der Waals surface area contributed by atoms with Gasteiger partial charge < -0.3 is 0 Å². The molecular formula is C50H40N2O2. The molecule has 4 heteroatoms. The summed E-state index contributed by atoms with van der Waals surface area (Å²) in [5.41, 5.74) is 11.0. The fourth-order valence-electron chi connectivity index (χ4n) is 8.41. The molecule has 54 heavy (non-hydrogen) atoms. The summed E-state index contributed by atoms with van der Waals surface area (Å²) in [5, 5.41) is 0. The zero-order chi connectivity index (χ0) is 37.3. The Morgan fingerprint density at radius 3 is 0.796 bits per heavy atom. The molecule has 0 saturated heterocycles. The van der Waals surface area contributed by atoms with E-state index < -0.39 is 11.8 Å². The van der Waals surface area contributed by atoms with Crippen LogP contribution in [0.25, 0.3) is 24.3 Å². The summed E-state index contributed by atoms with van der Waals surface area (Å²) >= 11 is 0. The molecule has 3 aliphatic rings. The fraction of sp³-hybridized carbons (Fsp3) is 0.0800. The lowest BCUT2D eigenvalue weighted by Gasteiger charge is -2.51. The Bertz CT molecular complexity index is 2080. The molecule has 0 spiro atoms. The minimum absolute atomic E-state index is 0.144. The summed E-state index contributed by atoms with van der Waals surface area (Å²) < 4.78 is 0. The second kappa shape index (κ2) is 14.3. The molecule has 3 aliphatic carbocycles. The van der Waals surface area contributed by atoms with Gasteiger partial charge in [0.25, 0.3) is 0 Å². The number of hydrogen-bond donors (Lipinski definition) is 0. The van der Waals surface area contributed by atoms with Crippen molar-refractivity contribution in [2.24, 2.45) is 11.8 Å². The first-order chi connectivity index (χ1) is 26.4. The van der Waals surface area contributed by atoms with E-state index in [1.165, 1.54) is 0 Å². The van der Waals surface area contributed by atoms with Gasteiger partial charge in [0.1, 0.15) is 0 Å². The van der Waals surface area contributed by atoms with E-state index in [-0.39, 0.29) is 23.7 Å². The molecule has 2 atom stereocenters. The Kier molecular flexibility index (Phi) is 9.10. The monoisotopic (exact) mass is 700 g/mol. The minimum Gasteiger partial charge on any atom is -0.281 e. The van der Waals surface area contributed by atoms with Crippen LogP contribution in [-0.2, 0) is 9.59 Å². The van der Waals surface area contributed by atoms with E-state index in [9.17, 15) is 0 Å². The van der Waals surface area contributed by atoms with Gasteiger partial charge >= 0.3 is 0 Å². The highest BCUT2D eigenvalue weighted by Crippen LogP contribution is 2.60. The van der Waals surface area contributed by atoms with Gasteiger partial charge in [0.2, 0.25) is 11.8 Å². The summed E-state index contributed by atoms with van der Waals surface area (Å²) in [6, 6.07) is 47.9. The summed E-state index contributed by atoms with van der Waals surface area (Å²) in [6.07, 6.45) is 7.15. The Balaban J connectivity index is 1.36. The molecule has 0 aliphatic heterocycles. The van der Waals surface area contributed by atoms with Crippen molar-refractivity contribution in [1.29, 1.82) is 0 Å². The number of fused-ring (bicyclic) bond motifs is 1. The molecule has 9 rings (SSSR count). The molecule has 2 amide bonds. The molecular weight excluding hydrogens is 661 g/mol. The maximum atomic E-state index is 15.9. The first-order valence-electron chi connectivity index (χ1n) is 18.2. The van der Waals surface area contributed by atoms with Crippen molar-refractivity contribution < 1.29 is 9.59 Å². The largest absolute Gasteiger partial charge is 0.281 e. The number of nitrogens with zero attached hydrogens (tertiary/aromatic N) is 2. The fourth-order valence-corrected chi connectivity index (χ4v) is 8.41. The first-order valence-corrected chi connectivity index (χ1v) is 18.2. The number of carbonyl (C=O) groups excluding carboxylic acids is 2. The zero-order valence-electron chi connectivity index (χ0n) is 30.0. The SMILES string of the molecule is C=Cc1ccc(N(C(=O)[C@H]2C3c4ccccc4C(c4ccccc43)[C@@H]2C(=O)N(c2ccc(C=C)cc2)c2ccc(C=C)cc2)c2ccc(C=C)cc2)cc1. The number of carbonyl (C=O) groups is 2. The number of rotatable bonds is 10. The highest BCUT2D eigenvalue weighted by atomic mass is 16.2. The van der Waals surface area contributed by atoms with Gasteiger partial charge in [0, 0.05) is 34.6 Å². The molecule has 0 heterocycles. The third kappa shape index (κ3) is 5.82. The lowest BCUT2D eigenvalue weighted by atomic mass is 9.53. The van der Waals surface area contributed by atoms with Crippen LogP contribution < -0.4 is 9.80 Å². The Hall–Kier alpha value is -6.78. The van der Waals surface area contributed by atoms with Crippen LogP contribution in [0.3, 0.4) is 0 Å². The van der Waals surface area contributed by atoms with Gasteiger partial charge in [-0.05, 0) is 93.0 Å². The van der Waals surface area contributed by atoms with Crippen LogP contribution in [0.4, 0.5) is 22.7 Å². The zero-order valence-corrected chi connectivity index (χ0v) is 30.0. The summed E-state index contributed by atoms with van der Waals surface area (Å²) in [6.45, 7) is 15.7. The molecule has 0 N–H and O–H groups in total. The normalized spacial score (nSPS) is 17.7. The molecule has 2 bridgehead atoms. The van der Waals surface area contributed by atoms with E-state index >= 15 is 9.59 Å². The average molecular weight is 701 g/mol. The molecule has 0 aromatic heterocycles. The van der Waals surface area contributed by atoms with Crippen LogP contribution in [0.15, 0.2) is 172 Å². The van der Waals surface area contributed by atoms with Crippen LogP contribution >= 0.6 is 0 Å². The Morgan fingerprint density at radius 2 is 0.593 bits per heavy atom. The third-order valence-corrected chi connectivity index (χ3v) is 11.0. The third-order valence-electron chi connectivity index (χ3n) is 11.0. The lowest BCUT2D eigenvalue weighted by molar-refractivity contribution is -0.133. The predicted molar refractivity (Wildman–Crippen MR) is 224 cm³/mol. The number of anilines is 4.